The van der Waals surface area contributed by atoms with E-state index in [-0.39, 0.29) is 0 Å². The first-order chi connectivity index (χ1) is 14.4. The Labute approximate surface area is 177 Å². The third-order valence-corrected chi connectivity index (χ3v) is 5.05. The van der Waals surface area contributed by atoms with Crippen LogP contribution in [0.25, 0.3) is 16.7 Å². The molecule has 0 atom stereocenters. The van der Waals surface area contributed by atoms with Crippen LogP contribution in [0, 0.1) is 12.8 Å². The lowest BCUT2D eigenvalue weighted by atomic mass is 10.0. The third-order valence-electron chi connectivity index (χ3n) is 5.05. The van der Waals surface area contributed by atoms with Crippen molar-refractivity contribution in [1.29, 1.82) is 0 Å². The predicted molar refractivity (Wildman–Crippen MR) is 118 cm³/mol. The van der Waals surface area contributed by atoms with Gasteiger partial charge >= 0.3 is 0 Å². The summed E-state index contributed by atoms with van der Waals surface area (Å²) in [5.41, 5.74) is 2.31. The van der Waals surface area contributed by atoms with Crippen LogP contribution in [0.4, 0.5) is 5.82 Å². The number of rotatable bonds is 11. The number of benzene rings is 1. The van der Waals surface area contributed by atoms with Gasteiger partial charge in [0.1, 0.15) is 11.6 Å². The Kier molecular flexibility index (Phi) is 7.07. The standard InChI is InChI=1S/C22H31N5O3/c1-14(2)11-16(28)9-7-6-8-10-23-21-22-26-25-15(3)27(22)18-13-20(30-5)19(29-4)12-17(18)24-21/h12-14H,6-11H2,1-5H3,(H,23,24). The van der Waals surface area contributed by atoms with Crippen LogP contribution in [0.2, 0.25) is 0 Å². The summed E-state index contributed by atoms with van der Waals surface area (Å²) in [5.74, 6) is 3.51. The second kappa shape index (κ2) is 9.73. The molecule has 0 aliphatic rings. The maximum absolute atomic E-state index is 11.8. The van der Waals surface area contributed by atoms with Gasteiger partial charge in [0.25, 0.3) is 0 Å². The molecule has 3 aromatic rings. The zero-order valence-electron chi connectivity index (χ0n) is 18.5. The summed E-state index contributed by atoms with van der Waals surface area (Å²) in [7, 11) is 3.22. The normalized spacial score (nSPS) is 11.4. The van der Waals surface area contributed by atoms with E-state index in [4.69, 9.17) is 14.5 Å². The van der Waals surface area contributed by atoms with E-state index in [2.05, 4.69) is 29.4 Å². The first kappa shape index (κ1) is 21.8. The number of hydrogen-bond acceptors (Lipinski definition) is 7. The number of anilines is 1. The van der Waals surface area contributed by atoms with Crippen LogP contribution in [0.5, 0.6) is 11.5 Å². The van der Waals surface area contributed by atoms with Crippen LogP contribution in [0.1, 0.15) is 51.8 Å². The van der Waals surface area contributed by atoms with Gasteiger partial charge < -0.3 is 14.8 Å². The molecule has 0 radical (unpaired) electrons. The van der Waals surface area contributed by atoms with Crippen LogP contribution in [0.15, 0.2) is 12.1 Å². The molecule has 162 valence electrons. The number of carbonyl (C=O) groups is 1. The van der Waals surface area contributed by atoms with E-state index in [0.29, 0.717) is 47.5 Å². The number of nitrogens with one attached hydrogen (secondary N) is 1. The van der Waals surface area contributed by atoms with Gasteiger partial charge in [0.2, 0.25) is 5.65 Å². The number of hydrogen-bond donors (Lipinski definition) is 1. The molecule has 0 aliphatic carbocycles. The summed E-state index contributed by atoms with van der Waals surface area (Å²) < 4.78 is 12.8. The van der Waals surface area contributed by atoms with Gasteiger partial charge in [0.05, 0.1) is 25.3 Å². The molecule has 0 aliphatic heterocycles. The van der Waals surface area contributed by atoms with Crippen molar-refractivity contribution < 1.29 is 14.3 Å². The van der Waals surface area contributed by atoms with E-state index >= 15 is 0 Å². The highest BCUT2D eigenvalue weighted by atomic mass is 16.5. The monoisotopic (exact) mass is 413 g/mol. The molecule has 3 rings (SSSR count). The van der Waals surface area contributed by atoms with Gasteiger partial charge in [0, 0.05) is 31.5 Å². The second-order valence-electron chi connectivity index (χ2n) is 7.94. The van der Waals surface area contributed by atoms with E-state index in [1.165, 1.54) is 0 Å². The largest absolute Gasteiger partial charge is 0.493 e. The van der Waals surface area contributed by atoms with Crippen molar-refractivity contribution in [1.82, 2.24) is 19.6 Å². The maximum atomic E-state index is 11.8. The minimum atomic E-state index is 0.360. The highest BCUT2D eigenvalue weighted by Crippen LogP contribution is 2.33. The van der Waals surface area contributed by atoms with Gasteiger partial charge in [-0.1, -0.05) is 20.3 Å². The molecule has 30 heavy (non-hydrogen) atoms. The third kappa shape index (κ3) is 4.80. The van der Waals surface area contributed by atoms with Gasteiger partial charge in [-0.25, -0.2) is 4.98 Å². The van der Waals surface area contributed by atoms with E-state index in [0.717, 1.165) is 42.7 Å². The molecule has 0 unspecified atom stereocenters. The molecule has 1 N–H and O–H groups in total. The summed E-state index contributed by atoms with van der Waals surface area (Å²) in [5, 5.41) is 11.9. The summed E-state index contributed by atoms with van der Waals surface area (Å²) in [4.78, 5) is 16.6. The SMILES string of the molecule is COc1cc2nc(NCCCCCC(=O)CC(C)C)c3nnc(C)n3c2cc1OC. The number of aryl methyl sites for hydroxylation is 1. The van der Waals surface area contributed by atoms with E-state index in [9.17, 15) is 4.79 Å². The van der Waals surface area contributed by atoms with Crippen LogP contribution >= 0.6 is 0 Å². The molecule has 0 bridgehead atoms. The van der Waals surface area contributed by atoms with Crippen molar-refractivity contribution in [2.24, 2.45) is 5.92 Å². The molecular weight excluding hydrogens is 382 g/mol. The summed E-state index contributed by atoms with van der Waals surface area (Å²) >= 11 is 0. The summed E-state index contributed by atoms with van der Waals surface area (Å²) in [6.45, 7) is 6.83. The molecule has 0 spiro atoms. The molecule has 0 saturated carbocycles. The fourth-order valence-electron chi connectivity index (χ4n) is 3.61. The number of ether oxygens (including phenoxy) is 2. The van der Waals surface area contributed by atoms with Crippen molar-refractivity contribution in [2.75, 3.05) is 26.1 Å². The Morgan fingerprint density at radius 2 is 1.83 bits per heavy atom. The smallest absolute Gasteiger partial charge is 0.204 e. The predicted octanol–water partition coefficient (Wildman–Crippen LogP) is 4.19. The van der Waals surface area contributed by atoms with Crippen molar-refractivity contribution >= 4 is 28.3 Å². The lowest BCUT2D eigenvalue weighted by Crippen LogP contribution is -2.08. The number of carbonyl (C=O) groups excluding carboxylic acids is 1. The van der Waals surface area contributed by atoms with Crippen LogP contribution in [-0.4, -0.2) is 46.1 Å². The van der Waals surface area contributed by atoms with E-state index in [1.807, 2.05) is 23.5 Å². The highest BCUT2D eigenvalue weighted by Gasteiger charge is 2.16. The average Bonchev–Trinajstić information content (AvgIpc) is 3.11. The Morgan fingerprint density at radius 3 is 2.53 bits per heavy atom. The average molecular weight is 414 g/mol. The van der Waals surface area contributed by atoms with Crippen molar-refractivity contribution in [3.05, 3.63) is 18.0 Å². The number of ketones is 1. The fraction of sp³-hybridized carbons (Fsp3) is 0.545. The van der Waals surface area contributed by atoms with Crippen LogP contribution < -0.4 is 14.8 Å². The molecule has 8 nitrogen and oxygen atoms in total. The Balaban J connectivity index is 1.72. The quantitative estimate of drug-likeness (QED) is 0.471. The molecule has 2 heterocycles. The maximum Gasteiger partial charge on any atom is 0.204 e. The molecule has 1 aromatic carbocycles. The molecular formula is C22H31N5O3. The number of Topliss-reactive ketones (excluding diaryl/α,β-unsaturated/α-hetero) is 1. The Bertz CT molecular complexity index is 1030. The molecule has 0 saturated heterocycles. The number of methoxy groups -OCH3 is 2. The zero-order valence-corrected chi connectivity index (χ0v) is 18.5. The minimum Gasteiger partial charge on any atom is -0.493 e. The van der Waals surface area contributed by atoms with Gasteiger partial charge in [0.15, 0.2) is 17.3 Å². The first-order valence-electron chi connectivity index (χ1n) is 10.5. The molecule has 8 heteroatoms. The van der Waals surface area contributed by atoms with Gasteiger partial charge in [-0.2, -0.15) is 0 Å². The van der Waals surface area contributed by atoms with Crippen LogP contribution in [-0.2, 0) is 4.79 Å². The van der Waals surface area contributed by atoms with Gasteiger partial charge in [-0.3, -0.25) is 9.20 Å². The second-order valence-corrected chi connectivity index (χ2v) is 7.94. The summed E-state index contributed by atoms with van der Waals surface area (Å²) in [6, 6.07) is 3.75. The number of nitrogens with zero attached hydrogens (tertiary/aromatic N) is 4. The lowest BCUT2D eigenvalue weighted by molar-refractivity contribution is -0.119. The van der Waals surface area contributed by atoms with E-state index in [1.54, 1.807) is 14.2 Å². The molecule has 0 amide bonds. The van der Waals surface area contributed by atoms with Gasteiger partial charge in [-0.15, -0.1) is 10.2 Å². The van der Waals surface area contributed by atoms with Crippen molar-refractivity contribution in [3.63, 3.8) is 0 Å². The Hall–Kier alpha value is -2.90. The van der Waals surface area contributed by atoms with Crippen molar-refractivity contribution in [3.8, 4) is 11.5 Å². The summed E-state index contributed by atoms with van der Waals surface area (Å²) in [6.07, 6.45) is 4.23. The topological polar surface area (TPSA) is 90.6 Å². The number of aromatic nitrogens is 4. The van der Waals surface area contributed by atoms with E-state index < -0.39 is 0 Å². The highest BCUT2D eigenvalue weighted by molar-refractivity contribution is 5.85. The fourth-order valence-corrected chi connectivity index (χ4v) is 3.61. The first-order valence-corrected chi connectivity index (χ1v) is 10.5. The van der Waals surface area contributed by atoms with Crippen molar-refractivity contribution in [2.45, 2.75) is 52.9 Å². The molecule has 2 aromatic heterocycles. The van der Waals surface area contributed by atoms with Crippen LogP contribution in [0.3, 0.4) is 0 Å². The van der Waals surface area contributed by atoms with Gasteiger partial charge in [-0.05, 0) is 25.7 Å². The number of unbranched alkanes of at least 4 members (excludes halogenated alkanes) is 2. The Morgan fingerprint density at radius 1 is 1.10 bits per heavy atom. The lowest BCUT2D eigenvalue weighted by Gasteiger charge is -2.13. The zero-order chi connectivity index (χ0) is 21.7. The molecule has 0 fully saturated rings. The minimum absolute atomic E-state index is 0.360. The number of fused-ring (bicyclic) bond motifs is 3.